The Morgan fingerprint density at radius 1 is 0.729 bits per heavy atom. The normalized spacial score (nSPS) is 15.7. The largest absolute Gasteiger partial charge is 0.540 e. The molecule has 1 atom stereocenters. The summed E-state index contributed by atoms with van der Waals surface area (Å²) in [6.07, 6.45) is 6.26. The number of allylic oxidation sites excluding steroid dienone is 2. The number of tetrazole rings is 1. The number of quaternary nitrogens is 1. The predicted molar refractivity (Wildman–Crippen MR) is 185 cm³/mol. The van der Waals surface area contributed by atoms with Gasteiger partial charge in [0.2, 0.25) is 0 Å². The second-order valence-electron chi connectivity index (χ2n) is 12.1. The summed E-state index contributed by atoms with van der Waals surface area (Å²) in [4.78, 5) is 12.0. The molecule has 0 N–H and O–H groups in total. The Morgan fingerprint density at radius 2 is 1.27 bits per heavy atom. The minimum Gasteiger partial charge on any atom is -0.540 e. The van der Waals surface area contributed by atoms with E-state index >= 15 is 0 Å². The average molecular weight is 630 g/mol. The molecule has 7 heteroatoms. The Hall–Kier alpha value is -5.92. The third-order valence-electron chi connectivity index (χ3n) is 9.20. The zero-order valence-electron chi connectivity index (χ0n) is 26.7. The molecule has 1 unspecified atom stereocenters. The van der Waals surface area contributed by atoms with Crippen molar-refractivity contribution in [2.45, 2.75) is 25.4 Å². The van der Waals surface area contributed by atoms with Crippen molar-refractivity contribution in [1.82, 2.24) is 20.2 Å². The van der Waals surface area contributed by atoms with Gasteiger partial charge in [0.15, 0.2) is 11.5 Å². The summed E-state index contributed by atoms with van der Waals surface area (Å²) in [6, 6.07) is 47.6. The highest BCUT2D eigenvalue weighted by Crippen LogP contribution is 2.43. The fraction of sp³-hybridized carbons (Fsp3) is 0.122. The van der Waals surface area contributed by atoms with Crippen LogP contribution >= 0.6 is 0 Å². The standard InChI is InChI=1S/C41H35N5O2/c1-2-28-46(29-14-23-38(46)40(47)48)30-31-24-26-32(27-25-31)36-21-12-13-22-37(36)39-42-43-44-45(39)41(33-15-6-3-7-16-33,34-17-8-4-9-18-34)35-19-10-5-11-20-35/h3-27,29H,2,28,30H2,1H3. The van der Waals surface area contributed by atoms with E-state index in [0.29, 0.717) is 18.9 Å². The first-order valence-electron chi connectivity index (χ1n) is 16.2. The van der Waals surface area contributed by atoms with E-state index in [-0.39, 0.29) is 10.2 Å². The summed E-state index contributed by atoms with van der Waals surface area (Å²) in [7, 11) is 0. The smallest absolute Gasteiger partial charge is 0.184 e. The van der Waals surface area contributed by atoms with Crippen LogP contribution in [0, 0.1) is 0 Å². The first-order chi connectivity index (χ1) is 23.6. The highest BCUT2D eigenvalue weighted by Gasteiger charge is 2.42. The molecule has 48 heavy (non-hydrogen) atoms. The summed E-state index contributed by atoms with van der Waals surface area (Å²) in [5.74, 6) is -0.501. The molecular weight excluding hydrogens is 594 g/mol. The van der Waals surface area contributed by atoms with E-state index in [9.17, 15) is 9.90 Å². The molecule has 0 fully saturated rings. The van der Waals surface area contributed by atoms with Gasteiger partial charge in [0.1, 0.15) is 24.3 Å². The number of carbonyl (C=O) groups excluding carboxylic acids is 1. The van der Waals surface area contributed by atoms with Crippen LogP contribution in [0.5, 0.6) is 0 Å². The molecule has 1 aliphatic rings. The van der Waals surface area contributed by atoms with Crippen LogP contribution < -0.4 is 5.11 Å². The molecule has 0 saturated carbocycles. The number of nitrogens with zero attached hydrogens (tertiary/aromatic N) is 5. The molecule has 6 aromatic rings. The van der Waals surface area contributed by atoms with Gasteiger partial charge < -0.3 is 9.90 Å². The number of rotatable bonds is 11. The van der Waals surface area contributed by atoms with Gasteiger partial charge in [-0.25, -0.2) is 4.68 Å². The molecule has 5 aromatic carbocycles. The highest BCUT2D eigenvalue weighted by atomic mass is 16.4. The lowest BCUT2D eigenvalue weighted by Crippen LogP contribution is -2.46. The zero-order valence-corrected chi connectivity index (χ0v) is 26.7. The van der Waals surface area contributed by atoms with Gasteiger partial charge in [-0.3, -0.25) is 4.48 Å². The second-order valence-corrected chi connectivity index (χ2v) is 12.1. The van der Waals surface area contributed by atoms with Crippen LogP contribution in [0.3, 0.4) is 0 Å². The fourth-order valence-corrected chi connectivity index (χ4v) is 7.12. The third kappa shape index (κ3) is 5.34. The molecule has 1 aliphatic heterocycles. The van der Waals surface area contributed by atoms with Crippen LogP contribution in [-0.4, -0.2) is 37.2 Å². The van der Waals surface area contributed by atoms with E-state index in [1.807, 2.05) is 83.7 Å². The Labute approximate surface area is 280 Å². The number of hydrogen-bond donors (Lipinski definition) is 0. The number of carbonyl (C=O) groups is 1. The van der Waals surface area contributed by atoms with Crippen LogP contribution in [0.25, 0.3) is 22.5 Å². The van der Waals surface area contributed by atoms with Gasteiger partial charge in [0.25, 0.3) is 0 Å². The summed E-state index contributed by atoms with van der Waals surface area (Å²) in [5, 5.41) is 25.7. The molecule has 7 rings (SSSR count). The first kappa shape index (κ1) is 30.7. The maximum atomic E-state index is 12.0. The van der Waals surface area contributed by atoms with Crippen LogP contribution in [0.1, 0.15) is 35.6 Å². The SMILES string of the molecule is CCC[N+]1(Cc2ccc(-c3ccccc3-c3nnnn3C(c3ccccc3)(c3ccccc3)c3ccccc3)cc2)C=CC=C1C(=O)[O-]. The van der Waals surface area contributed by atoms with Gasteiger partial charge >= 0.3 is 0 Å². The molecule has 0 amide bonds. The molecule has 236 valence electrons. The minimum atomic E-state index is -1.13. The Balaban J connectivity index is 1.35. The van der Waals surface area contributed by atoms with E-state index in [0.717, 1.165) is 45.4 Å². The van der Waals surface area contributed by atoms with Crippen LogP contribution in [0.4, 0.5) is 0 Å². The topological polar surface area (TPSA) is 83.7 Å². The van der Waals surface area contributed by atoms with Crippen molar-refractivity contribution in [3.8, 4) is 22.5 Å². The van der Waals surface area contributed by atoms with Crippen molar-refractivity contribution in [1.29, 1.82) is 0 Å². The van der Waals surface area contributed by atoms with E-state index in [4.69, 9.17) is 5.21 Å². The summed E-state index contributed by atoms with van der Waals surface area (Å²) >= 11 is 0. The summed E-state index contributed by atoms with van der Waals surface area (Å²) in [6.45, 7) is 3.27. The van der Waals surface area contributed by atoms with E-state index in [1.165, 1.54) is 0 Å². The van der Waals surface area contributed by atoms with Gasteiger partial charge in [0.05, 0.1) is 6.54 Å². The highest BCUT2D eigenvalue weighted by molar-refractivity contribution is 5.83. The van der Waals surface area contributed by atoms with Gasteiger partial charge in [-0.2, -0.15) is 0 Å². The van der Waals surface area contributed by atoms with Crippen LogP contribution in [0.2, 0.25) is 0 Å². The number of carboxylic acid groups (broad SMARTS) is 1. The summed E-state index contributed by atoms with van der Waals surface area (Å²) < 4.78 is 2.19. The van der Waals surface area contributed by atoms with Gasteiger partial charge in [-0.05, 0) is 50.7 Å². The Kier molecular flexibility index (Phi) is 8.36. The molecule has 0 aliphatic carbocycles. The molecule has 0 saturated heterocycles. The van der Waals surface area contributed by atoms with Crippen molar-refractivity contribution in [2.75, 3.05) is 6.54 Å². The Morgan fingerprint density at radius 3 is 1.81 bits per heavy atom. The minimum absolute atomic E-state index is 0.240. The van der Waals surface area contributed by atoms with Crippen LogP contribution in [0.15, 0.2) is 164 Å². The fourth-order valence-electron chi connectivity index (χ4n) is 7.12. The second kappa shape index (κ2) is 13.1. The van der Waals surface area contributed by atoms with Gasteiger partial charge in [0, 0.05) is 17.2 Å². The molecule has 1 aromatic heterocycles. The van der Waals surface area contributed by atoms with E-state index in [2.05, 4.69) is 90.0 Å². The van der Waals surface area contributed by atoms with Gasteiger partial charge in [-0.1, -0.05) is 146 Å². The molecule has 0 bridgehead atoms. The van der Waals surface area contributed by atoms with Crippen molar-refractivity contribution < 1.29 is 14.4 Å². The van der Waals surface area contributed by atoms with E-state index < -0.39 is 11.5 Å². The monoisotopic (exact) mass is 629 g/mol. The predicted octanol–water partition coefficient (Wildman–Crippen LogP) is 6.74. The van der Waals surface area contributed by atoms with Crippen molar-refractivity contribution >= 4 is 5.97 Å². The number of aromatic nitrogens is 4. The maximum absolute atomic E-state index is 12.0. The number of aliphatic carboxylic acids is 1. The van der Waals surface area contributed by atoms with Crippen LogP contribution in [-0.2, 0) is 16.9 Å². The molecule has 0 spiro atoms. The quantitative estimate of drug-likeness (QED) is 0.117. The molecule has 7 nitrogen and oxygen atoms in total. The number of hydrogen-bond acceptors (Lipinski definition) is 5. The average Bonchev–Trinajstić information content (AvgIpc) is 3.79. The summed E-state index contributed by atoms with van der Waals surface area (Å²) in [5.41, 5.74) is 6.42. The number of carboxylic acids is 1. The maximum Gasteiger partial charge on any atom is 0.184 e. The van der Waals surface area contributed by atoms with Gasteiger partial charge in [-0.15, -0.1) is 5.10 Å². The zero-order chi connectivity index (χ0) is 33.0. The lowest BCUT2D eigenvalue weighted by Gasteiger charge is -2.36. The molecule has 0 radical (unpaired) electrons. The lowest BCUT2D eigenvalue weighted by atomic mass is 9.77. The number of benzene rings is 5. The molecular formula is C41H35N5O2. The van der Waals surface area contributed by atoms with Crippen molar-refractivity contribution in [3.63, 3.8) is 0 Å². The molecule has 2 heterocycles. The van der Waals surface area contributed by atoms with Crippen molar-refractivity contribution in [3.05, 3.63) is 186 Å². The lowest BCUT2D eigenvalue weighted by molar-refractivity contribution is -0.850. The third-order valence-corrected chi connectivity index (χ3v) is 9.20. The van der Waals surface area contributed by atoms with E-state index in [1.54, 1.807) is 6.08 Å². The van der Waals surface area contributed by atoms with Crippen molar-refractivity contribution in [2.24, 2.45) is 0 Å². The Bertz CT molecular complexity index is 1990. The first-order valence-corrected chi connectivity index (χ1v) is 16.2.